The molecule has 0 bridgehead atoms. The SMILES string of the molecule is NC(=O)c1ccc(NCC2NCCc3ccccc32)nc1. The fourth-order valence-electron chi connectivity index (χ4n) is 2.63. The number of primary amides is 1. The highest BCUT2D eigenvalue weighted by Crippen LogP contribution is 2.22. The number of anilines is 1. The Kier molecular flexibility index (Phi) is 3.83. The van der Waals surface area contributed by atoms with Crippen LogP contribution in [0, 0.1) is 0 Å². The zero-order valence-electron chi connectivity index (χ0n) is 11.7. The van der Waals surface area contributed by atoms with E-state index in [-0.39, 0.29) is 6.04 Å². The van der Waals surface area contributed by atoms with Crippen LogP contribution in [0.15, 0.2) is 42.6 Å². The number of nitrogens with zero attached hydrogens (tertiary/aromatic N) is 1. The molecule has 5 nitrogen and oxygen atoms in total. The van der Waals surface area contributed by atoms with Crippen LogP contribution in [0.2, 0.25) is 0 Å². The number of nitrogens with two attached hydrogens (primary N) is 1. The van der Waals surface area contributed by atoms with Crippen LogP contribution in [0.25, 0.3) is 0 Å². The van der Waals surface area contributed by atoms with Gasteiger partial charge in [0.15, 0.2) is 0 Å². The summed E-state index contributed by atoms with van der Waals surface area (Å²) in [6.45, 7) is 1.73. The van der Waals surface area contributed by atoms with Gasteiger partial charge in [0.1, 0.15) is 5.82 Å². The van der Waals surface area contributed by atoms with Crippen LogP contribution in [0.5, 0.6) is 0 Å². The zero-order chi connectivity index (χ0) is 14.7. The van der Waals surface area contributed by atoms with E-state index in [0.29, 0.717) is 5.56 Å². The van der Waals surface area contributed by atoms with E-state index in [9.17, 15) is 4.79 Å². The Labute approximate surface area is 123 Å². The van der Waals surface area contributed by atoms with Crippen LogP contribution in [-0.4, -0.2) is 24.0 Å². The van der Waals surface area contributed by atoms with E-state index in [1.807, 2.05) is 0 Å². The van der Waals surface area contributed by atoms with Crippen molar-refractivity contribution in [3.63, 3.8) is 0 Å². The second kappa shape index (κ2) is 5.93. The summed E-state index contributed by atoms with van der Waals surface area (Å²) < 4.78 is 0. The smallest absolute Gasteiger partial charge is 0.250 e. The van der Waals surface area contributed by atoms with E-state index >= 15 is 0 Å². The molecule has 0 radical (unpaired) electrons. The van der Waals surface area contributed by atoms with Crippen molar-refractivity contribution in [2.75, 3.05) is 18.4 Å². The van der Waals surface area contributed by atoms with Gasteiger partial charge < -0.3 is 16.4 Å². The van der Waals surface area contributed by atoms with Crippen molar-refractivity contribution < 1.29 is 4.79 Å². The maximum atomic E-state index is 11.0. The fourth-order valence-corrected chi connectivity index (χ4v) is 2.63. The molecule has 0 spiro atoms. The number of nitrogens with one attached hydrogen (secondary N) is 2. The zero-order valence-corrected chi connectivity index (χ0v) is 11.7. The van der Waals surface area contributed by atoms with Gasteiger partial charge >= 0.3 is 0 Å². The molecular formula is C16H18N4O. The largest absolute Gasteiger partial charge is 0.368 e. The number of aromatic nitrogens is 1. The number of benzene rings is 1. The standard InChI is InChI=1S/C16H18N4O/c17-16(21)12-5-6-15(19-9-12)20-10-14-13-4-2-1-3-11(13)7-8-18-14/h1-6,9,14,18H,7-8,10H2,(H2,17,21)(H,19,20). The maximum absolute atomic E-state index is 11.0. The molecule has 108 valence electrons. The van der Waals surface area contributed by atoms with Crippen molar-refractivity contribution >= 4 is 11.7 Å². The number of hydrogen-bond donors (Lipinski definition) is 3. The molecule has 1 unspecified atom stereocenters. The first kappa shape index (κ1) is 13.6. The van der Waals surface area contributed by atoms with Gasteiger partial charge in [0.05, 0.1) is 5.56 Å². The number of rotatable bonds is 4. The maximum Gasteiger partial charge on any atom is 0.250 e. The van der Waals surface area contributed by atoms with Crippen molar-refractivity contribution in [2.45, 2.75) is 12.5 Å². The highest BCUT2D eigenvalue weighted by atomic mass is 16.1. The molecule has 1 aromatic carbocycles. The Morgan fingerprint density at radius 2 is 2.19 bits per heavy atom. The van der Waals surface area contributed by atoms with Crippen LogP contribution in [0.1, 0.15) is 27.5 Å². The first-order valence-corrected chi connectivity index (χ1v) is 7.05. The number of carbonyl (C=O) groups excluding carboxylic acids is 1. The van der Waals surface area contributed by atoms with Crippen LogP contribution in [0.3, 0.4) is 0 Å². The lowest BCUT2D eigenvalue weighted by Crippen LogP contribution is -2.34. The Morgan fingerprint density at radius 3 is 2.95 bits per heavy atom. The summed E-state index contributed by atoms with van der Waals surface area (Å²) in [6.07, 6.45) is 2.56. The van der Waals surface area contributed by atoms with Crippen LogP contribution < -0.4 is 16.4 Å². The average molecular weight is 282 g/mol. The molecule has 0 fully saturated rings. The van der Waals surface area contributed by atoms with Gasteiger partial charge in [0, 0.05) is 18.8 Å². The minimum absolute atomic E-state index is 0.271. The first-order chi connectivity index (χ1) is 10.2. The monoisotopic (exact) mass is 282 g/mol. The molecule has 0 aliphatic carbocycles. The van der Waals surface area contributed by atoms with Gasteiger partial charge in [-0.2, -0.15) is 0 Å². The first-order valence-electron chi connectivity index (χ1n) is 7.05. The molecule has 2 heterocycles. The highest BCUT2D eigenvalue weighted by molar-refractivity contribution is 5.92. The van der Waals surface area contributed by atoms with Crippen molar-refractivity contribution in [3.8, 4) is 0 Å². The Bertz CT molecular complexity index is 639. The Hall–Kier alpha value is -2.40. The van der Waals surface area contributed by atoms with Gasteiger partial charge in [-0.15, -0.1) is 0 Å². The second-order valence-corrected chi connectivity index (χ2v) is 5.13. The number of pyridine rings is 1. The van der Waals surface area contributed by atoms with E-state index < -0.39 is 5.91 Å². The molecule has 0 saturated heterocycles. The molecule has 1 amide bonds. The third kappa shape index (κ3) is 3.03. The summed E-state index contributed by atoms with van der Waals surface area (Å²) in [5.41, 5.74) is 8.36. The van der Waals surface area contributed by atoms with Crippen molar-refractivity contribution in [3.05, 3.63) is 59.3 Å². The van der Waals surface area contributed by atoms with Gasteiger partial charge in [-0.3, -0.25) is 4.79 Å². The average Bonchev–Trinajstić information content (AvgIpc) is 2.53. The molecule has 3 rings (SSSR count). The van der Waals surface area contributed by atoms with E-state index in [0.717, 1.165) is 25.3 Å². The normalized spacial score (nSPS) is 17.0. The van der Waals surface area contributed by atoms with Crippen LogP contribution in [-0.2, 0) is 6.42 Å². The molecule has 4 N–H and O–H groups in total. The molecule has 1 atom stereocenters. The Balaban J connectivity index is 1.67. The lowest BCUT2D eigenvalue weighted by Gasteiger charge is -2.27. The lowest BCUT2D eigenvalue weighted by atomic mass is 9.94. The van der Waals surface area contributed by atoms with E-state index in [1.165, 1.54) is 17.3 Å². The predicted molar refractivity (Wildman–Crippen MR) is 82.1 cm³/mol. The molecular weight excluding hydrogens is 264 g/mol. The van der Waals surface area contributed by atoms with Gasteiger partial charge in [-0.05, 0) is 36.2 Å². The third-order valence-electron chi connectivity index (χ3n) is 3.75. The molecule has 0 saturated carbocycles. The molecule has 1 aromatic heterocycles. The van der Waals surface area contributed by atoms with Crippen molar-refractivity contribution in [1.29, 1.82) is 0 Å². The summed E-state index contributed by atoms with van der Waals surface area (Å²) in [4.78, 5) is 15.2. The van der Waals surface area contributed by atoms with Crippen LogP contribution >= 0.6 is 0 Å². The minimum Gasteiger partial charge on any atom is -0.368 e. The second-order valence-electron chi connectivity index (χ2n) is 5.13. The summed E-state index contributed by atoms with van der Waals surface area (Å²) in [7, 11) is 0. The van der Waals surface area contributed by atoms with Gasteiger partial charge in [-0.25, -0.2) is 4.98 Å². The minimum atomic E-state index is -0.461. The van der Waals surface area contributed by atoms with Crippen molar-refractivity contribution in [1.82, 2.24) is 10.3 Å². The number of amides is 1. The van der Waals surface area contributed by atoms with Gasteiger partial charge in [0.2, 0.25) is 5.91 Å². The Morgan fingerprint density at radius 1 is 1.33 bits per heavy atom. The van der Waals surface area contributed by atoms with E-state index in [2.05, 4.69) is 39.9 Å². The molecule has 21 heavy (non-hydrogen) atoms. The number of carbonyl (C=O) groups is 1. The summed E-state index contributed by atoms with van der Waals surface area (Å²) >= 11 is 0. The van der Waals surface area contributed by atoms with Gasteiger partial charge in [0.25, 0.3) is 0 Å². The third-order valence-corrected chi connectivity index (χ3v) is 3.75. The van der Waals surface area contributed by atoms with E-state index in [4.69, 9.17) is 5.73 Å². The molecule has 1 aliphatic rings. The number of fused-ring (bicyclic) bond motifs is 1. The fraction of sp³-hybridized carbons (Fsp3) is 0.250. The molecule has 2 aromatic rings. The highest BCUT2D eigenvalue weighted by Gasteiger charge is 2.18. The van der Waals surface area contributed by atoms with E-state index in [1.54, 1.807) is 12.1 Å². The predicted octanol–water partition coefficient (Wildman–Crippen LogP) is 1.48. The molecule has 5 heteroatoms. The summed E-state index contributed by atoms with van der Waals surface area (Å²) in [5, 5.41) is 6.81. The topological polar surface area (TPSA) is 80.0 Å². The summed E-state index contributed by atoms with van der Waals surface area (Å²) in [5.74, 6) is 0.279. The van der Waals surface area contributed by atoms with Crippen LogP contribution in [0.4, 0.5) is 5.82 Å². The summed E-state index contributed by atoms with van der Waals surface area (Å²) in [6, 6.07) is 12.2. The quantitative estimate of drug-likeness (QED) is 0.793. The number of hydrogen-bond acceptors (Lipinski definition) is 4. The van der Waals surface area contributed by atoms with Crippen molar-refractivity contribution in [2.24, 2.45) is 5.73 Å². The van der Waals surface area contributed by atoms with Gasteiger partial charge in [-0.1, -0.05) is 24.3 Å². The lowest BCUT2D eigenvalue weighted by molar-refractivity contribution is 0.1000. The molecule has 1 aliphatic heterocycles.